The minimum atomic E-state index is -0.324. The Kier molecular flexibility index (Phi) is 7.35. The fourth-order valence-electron chi connectivity index (χ4n) is 3.46. The van der Waals surface area contributed by atoms with Crippen LogP contribution in [0.3, 0.4) is 0 Å². The van der Waals surface area contributed by atoms with Gasteiger partial charge in [0.1, 0.15) is 0 Å². The van der Waals surface area contributed by atoms with Crippen molar-refractivity contribution in [2.45, 2.75) is 32.6 Å². The lowest BCUT2D eigenvalue weighted by Crippen LogP contribution is -2.31. The lowest BCUT2D eigenvalue weighted by molar-refractivity contribution is -0.121. The Morgan fingerprint density at radius 3 is 2.80 bits per heavy atom. The molecule has 0 radical (unpaired) electrons. The highest BCUT2D eigenvalue weighted by Gasteiger charge is 2.30. The Morgan fingerprint density at radius 1 is 1.33 bits per heavy atom. The summed E-state index contributed by atoms with van der Waals surface area (Å²) < 4.78 is 0.891. The lowest BCUT2D eigenvalue weighted by atomic mass is 9.87. The Bertz CT molecular complexity index is 1060. The van der Waals surface area contributed by atoms with Crippen LogP contribution in [0.5, 0.6) is 0 Å². The first kappa shape index (κ1) is 22.1. The van der Waals surface area contributed by atoms with Gasteiger partial charge in [0.2, 0.25) is 11.8 Å². The Morgan fingerprint density at radius 2 is 2.10 bits per heavy atom. The van der Waals surface area contributed by atoms with Crippen molar-refractivity contribution < 1.29 is 9.59 Å². The first-order valence-electron chi connectivity index (χ1n) is 9.63. The number of halogens is 1. The van der Waals surface area contributed by atoms with Gasteiger partial charge in [0, 0.05) is 22.5 Å². The molecule has 0 saturated carbocycles. The van der Waals surface area contributed by atoms with Crippen LogP contribution >= 0.6 is 27.7 Å². The van der Waals surface area contributed by atoms with Crippen molar-refractivity contribution in [3.63, 3.8) is 0 Å². The second-order valence-electron chi connectivity index (χ2n) is 7.01. The number of aryl methyl sites for hydroxylation is 2. The quantitative estimate of drug-likeness (QED) is 0.603. The molecule has 1 heterocycles. The molecule has 0 saturated heterocycles. The molecule has 0 spiro atoms. The molecule has 1 aliphatic heterocycles. The summed E-state index contributed by atoms with van der Waals surface area (Å²) in [5.74, 6) is -0.555. The fourth-order valence-corrected chi connectivity index (χ4v) is 4.75. The maximum Gasteiger partial charge on any atom is 0.234 e. The summed E-state index contributed by atoms with van der Waals surface area (Å²) in [4.78, 5) is 24.9. The van der Waals surface area contributed by atoms with Gasteiger partial charge in [0.05, 0.1) is 22.4 Å². The highest BCUT2D eigenvalue weighted by molar-refractivity contribution is 9.10. The van der Waals surface area contributed by atoms with Crippen LogP contribution < -0.4 is 10.6 Å². The van der Waals surface area contributed by atoms with Crippen molar-refractivity contribution in [2.24, 2.45) is 0 Å². The Balaban J connectivity index is 1.78. The number of nitrogens with zero attached hydrogens (tertiary/aromatic N) is 1. The van der Waals surface area contributed by atoms with E-state index in [1.165, 1.54) is 11.8 Å². The number of hydrogen-bond donors (Lipinski definition) is 2. The fraction of sp³-hybridized carbons (Fsp3) is 0.261. The highest BCUT2D eigenvalue weighted by atomic mass is 79.9. The largest absolute Gasteiger partial charge is 0.325 e. The third kappa shape index (κ3) is 5.13. The van der Waals surface area contributed by atoms with Gasteiger partial charge in [-0.15, -0.1) is 0 Å². The molecule has 2 amide bonds. The van der Waals surface area contributed by atoms with Crippen LogP contribution in [0.25, 0.3) is 0 Å². The first-order chi connectivity index (χ1) is 14.4. The summed E-state index contributed by atoms with van der Waals surface area (Å²) in [6.45, 7) is 4.00. The summed E-state index contributed by atoms with van der Waals surface area (Å²) in [6.07, 6.45) is 1.03. The molecule has 30 heavy (non-hydrogen) atoms. The van der Waals surface area contributed by atoms with Gasteiger partial charge in [0.15, 0.2) is 0 Å². The SMILES string of the molecule is CCc1cccc(C)c1NC(=O)CSC1=C(C#N)[C@@H](c2cccc(Br)c2)CC(=O)N1. The molecule has 1 atom stereocenters. The van der Waals surface area contributed by atoms with Crippen LogP contribution in [0.1, 0.15) is 36.0 Å². The smallest absolute Gasteiger partial charge is 0.234 e. The third-order valence-electron chi connectivity index (χ3n) is 4.96. The molecular weight excluding hydrogens is 462 g/mol. The van der Waals surface area contributed by atoms with Crippen LogP contribution in [-0.4, -0.2) is 17.6 Å². The first-order valence-corrected chi connectivity index (χ1v) is 11.4. The average Bonchev–Trinajstić information content (AvgIpc) is 2.73. The van der Waals surface area contributed by atoms with Crippen LogP contribution in [0.4, 0.5) is 5.69 Å². The summed E-state index contributed by atoms with van der Waals surface area (Å²) in [7, 11) is 0. The van der Waals surface area contributed by atoms with Gasteiger partial charge in [-0.3, -0.25) is 9.59 Å². The number of rotatable bonds is 6. The molecule has 1 aliphatic rings. The molecule has 0 unspecified atom stereocenters. The molecule has 7 heteroatoms. The summed E-state index contributed by atoms with van der Waals surface area (Å²) >= 11 is 4.63. The molecule has 154 valence electrons. The molecule has 0 bridgehead atoms. The number of para-hydroxylation sites is 1. The average molecular weight is 484 g/mol. The maximum atomic E-state index is 12.6. The standard InChI is InChI=1S/C23H22BrN3O2S/c1-3-15-7-4-6-14(2)22(15)26-21(29)13-30-23-19(12-25)18(11-20(28)27-23)16-8-5-9-17(24)10-16/h4-10,18H,3,11,13H2,1-2H3,(H,26,29)(H,27,28)/t18-/m1/s1. The van der Waals surface area contributed by atoms with Crippen molar-refractivity contribution >= 4 is 45.2 Å². The van der Waals surface area contributed by atoms with E-state index in [1.807, 2.05) is 56.3 Å². The predicted molar refractivity (Wildman–Crippen MR) is 124 cm³/mol. The van der Waals surface area contributed by atoms with Crippen molar-refractivity contribution in [2.75, 3.05) is 11.1 Å². The molecular formula is C23H22BrN3O2S. The molecule has 0 aromatic heterocycles. The van der Waals surface area contributed by atoms with E-state index in [-0.39, 0.29) is 29.9 Å². The van der Waals surface area contributed by atoms with Gasteiger partial charge in [0.25, 0.3) is 0 Å². The zero-order valence-corrected chi connectivity index (χ0v) is 19.2. The summed E-state index contributed by atoms with van der Waals surface area (Å²) in [5, 5.41) is 16.0. The van der Waals surface area contributed by atoms with Crippen LogP contribution in [0, 0.1) is 18.3 Å². The predicted octanol–water partition coefficient (Wildman–Crippen LogP) is 5.03. The number of carbonyl (C=O) groups excluding carboxylic acids is 2. The van der Waals surface area contributed by atoms with E-state index in [1.54, 1.807) is 0 Å². The zero-order valence-electron chi connectivity index (χ0n) is 16.8. The van der Waals surface area contributed by atoms with Gasteiger partial charge in [-0.2, -0.15) is 5.26 Å². The van der Waals surface area contributed by atoms with Crippen molar-refractivity contribution in [3.8, 4) is 6.07 Å². The summed E-state index contributed by atoms with van der Waals surface area (Å²) in [6, 6.07) is 15.8. The third-order valence-corrected chi connectivity index (χ3v) is 6.47. The van der Waals surface area contributed by atoms with Crippen LogP contribution in [-0.2, 0) is 16.0 Å². The van der Waals surface area contributed by atoms with Gasteiger partial charge < -0.3 is 10.6 Å². The molecule has 3 rings (SSSR count). The van der Waals surface area contributed by atoms with E-state index in [2.05, 4.69) is 32.6 Å². The number of hydrogen-bond acceptors (Lipinski definition) is 4. The molecule has 0 aliphatic carbocycles. The van der Waals surface area contributed by atoms with E-state index >= 15 is 0 Å². The van der Waals surface area contributed by atoms with Crippen molar-refractivity contribution in [3.05, 3.63) is 74.2 Å². The monoisotopic (exact) mass is 483 g/mol. The van der Waals surface area contributed by atoms with Gasteiger partial charge >= 0.3 is 0 Å². The summed E-state index contributed by atoms with van der Waals surface area (Å²) in [5.41, 5.74) is 4.29. The van der Waals surface area contributed by atoms with E-state index in [0.717, 1.165) is 33.3 Å². The number of carbonyl (C=O) groups is 2. The molecule has 2 aromatic carbocycles. The topological polar surface area (TPSA) is 82.0 Å². The van der Waals surface area contributed by atoms with Crippen molar-refractivity contribution in [1.29, 1.82) is 5.26 Å². The second-order valence-corrected chi connectivity index (χ2v) is 8.92. The van der Waals surface area contributed by atoms with E-state index in [4.69, 9.17) is 0 Å². The van der Waals surface area contributed by atoms with E-state index in [0.29, 0.717) is 10.6 Å². The number of nitriles is 1. The highest BCUT2D eigenvalue weighted by Crippen LogP contribution is 2.36. The second kappa shape index (κ2) is 9.96. The lowest BCUT2D eigenvalue weighted by Gasteiger charge is -2.25. The Hall–Kier alpha value is -2.56. The van der Waals surface area contributed by atoms with Gasteiger partial charge in [-0.05, 0) is 42.2 Å². The van der Waals surface area contributed by atoms with Crippen LogP contribution in [0.15, 0.2) is 57.5 Å². The normalized spacial score (nSPS) is 16.1. The number of thioether (sulfide) groups is 1. The molecule has 2 aromatic rings. The maximum absolute atomic E-state index is 12.6. The number of allylic oxidation sites excluding steroid dienone is 1. The van der Waals surface area contributed by atoms with Gasteiger partial charge in [-0.1, -0.05) is 64.9 Å². The minimum absolute atomic E-state index is 0.101. The van der Waals surface area contributed by atoms with Gasteiger partial charge in [-0.25, -0.2) is 0 Å². The minimum Gasteiger partial charge on any atom is -0.325 e. The molecule has 0 fully saturated rings. The Labute approximate surface area is 189 Å². The van der Waals surface area contributed by atoms with E-state index < -0.39 is 0 Å². The van der Waals surface area contributed by atoms with Crippen molar-refractivity contribution in [1.82, 2.24) is 5.32 Å². The number of amides is 2. The van der Waals surface area contributed by atoms with E-state index in [9.17, 15) is 14.9 Å². The molecule has 2 N–H and O–H groups in total. The molecule has 5 nitrogen and oxygen atoms in total. The number of nitrogens with one attached hydrogen (secondary N) is 2. The number of benzene rings is 2. The number of anilines is 1. The zero-order chi connectivity index (χ0) is 21.7. The van der Waals surface area contributed by atoms with Crippen LogP contribution in [0.2, 0.25) is 0 Å².